The third-order valence-corrected chi connectivity index (χ3v) is 4.71. The van der Waals surface area contributed by atoms with E-state index in [1.165, 1.54) is 0 Å². The van der Waals surface area contributed by atoms with Crippen LogP contribution in [0.4, 0.5) is 5.95 Å². The number of nitrogen functional groups attached to an aromatic ring is 1. The molecule has 7 heteroatoms. The molecule has 1 atom stereocenters. The van der Waals surface area contributed by atoms with Crippen molar-refractivity contribution < 1.29 is 8.42 Å². The summed E-state index contributed by atoms with van der Waals surface area (Å²) in [4.78, 5) is 12.6. The molecule has 1 fully saturated rings. The average molecular weight is 270 g/mol. The Morgan fingerprint density at radius 3 is 2.39 bits per heavy atom. The summed E-state index contributed by atoms with van der Waals surface area (Å²) < 4.78 is 23.0. The van der Waals surface area contributed by atoms with Gasteiger partial charge in [0.15, 0.2) is 9.84 Å². The summed E-state index contributed by atoms with van der Waals surface area (Å²) in [6, 6.07) is 0. The second kappa shape index (κ2) is 4.15. The molecule has 1 saturated heterocycles. The van der Waals surface area contributed by atoms with E-state index >= 15 is 0 Å². The molecule has 100 valence electrons. The van der Waals surface area contributed by atoms with E-state index in [2.05, 4.69) is 15.0 Å². The molecule has 0 spiro atoms. The Kier molecular flexibility index (Phi) is 3.04. The zero-order valence-electron chi connectivity index (χ0n) is 10.8. The minimum atomic E-state index is -2.95. The summed E-state index contributed by atoms with van der Waals surface area (Å²) >= 11 is 0. The van der Waals surface area contributed by atoms with Gasteiger partial charge in [-0.15, -0.1) is 0 Å². The van der Waals surface area contributed by atoms with E-state index < -0.39 is 9.84 Å². The Labute approximate surface area is 107 Å². The molecule has 18 heavy (non-hydrogen) atoms. The summed E-state index contributed by atoms with van der Waals surface area (Å²) in [5, 5.41) is 0. The Morgan fingerprint density at radius 2 is 1.89 bits per heavy atom. The van der Waals surface area contributed by atoms with E-state index in [-0.39, 0.29) is 28.8 Å². The van der Waals surface area contributed by atoms with Gasteiger partial charge in [-0.2, -0.15) is 9.97 Å². The van der Waals surface area contributed by atoms with Crippen molar-refractivity contribution >= 4 is 15.8 Å². The normalized spacial score (nSPS) is 23.2. The van der Waals surface area contributed by atoms with Crippen LogP contribution in [0.3, 0.4) is 0 Å². The van der Waals surface area contributed by atoms with Gasteiger partial charge in [-0.05, 0) is 6.42 Å². The highest BCUT2D eigenvalue weighted by Crippen LogP contribution is 2.28. The molecule has 1 aliphatic rings. The number of hydrogen-bond donors (Lipinski definition) is 1. The molecule has 0 radical (unpaired) electrons. The van der Waals surface area contributed by atoms with Crippen LogP contribution in [-0.2, 0) is 15.3 Å². The monoisotopic (exact) mass is 270 g/mol. The molecule has 2 N–H and O–H groups in total. The van der Waals surface area contributed by atoms with Crippen LogP contribution in [0.25, 0.3) is 0 Å². The summed E-state index contributed by atoms with van der Waals surface area (Å²) in [6.07, 6.45) is 0.565. The van der Waals surface area contributed by atoms with Gasteiger partial charge < -0.3 is 5.73 Å². The maximum Gasteiger partial charge on any atom is 0.223 e. The lowest BCUT2D eigenvalue weighted by molar-refractivity contribution is 0.531. The van der Waals surface area contributed by atoms with Crippen molar-refractivity contribution in [1.29, 1.82) is 0 Å². The smallest absolute Gasteiger partial charge is 0.223 e. The van der Waals surface area contributed by atoms with Crippen LogP contribution < -0.4 is 5.73 Å². The first kappa shape index (κ1) is 13.2. The lowest BCUT2D eigenvalue weighted by Crippen LogP contribution is -2.20. The summed E-state index contributed by atoms with van der Waals surface area (Å²) in [6.45, 7) is 5.95. The third kappa shape index (κ3) is 2.77. The van der Waals surface area contributed by atoms with Gasteiger partial charge in [0.1, 0.15) is 11.6 Å². The van der Waals surface area contributed by atoms with Gasteiger partial charge in [-0.1, -0.05) is 20.8 Å². The molecule has 2 rings (SSSR count). The lowest BCUT2D eigenvalue weighted by Gasteiger charge is -2.18. The van der Waals surface area contributed by atoms with Crippen molar-refractivity contribution in [1.82, 2.24) is 15.0 Å². The Bertz CT molecular complexity index is 563. The number of rotatable bonds is 1. The third-order valence-electron chi connectivity index (χ3n) is 2.94. The molecule has 1 unspecified atom stereocenters. The van der Waals surface area contributed by atoms with Crippen LogP contribution >= 0.6 is 0 Å². The number of sulfone groups is 1. The van der Waals surface area contributed by atoms with Gasteiger partial charge in [0.25, 0.3) is 0 Å². The van der Waals surface area contributed by atoms with Gasteiger partial charge >= 0.3 is 0 Å². The number of aromatic nitrogens is 3. The maximum atomic E-state index is 11.5. The summed E-state index contributed by atoms with van der Waals surface area (Å²) in [5.41, 5.74) is 5.45. The molecule has 0 bridgehead atoms. The molecule has 0 saturated carbocycles. The van der Waals surface area contributed by atoms with Gasteiger partial charge in [0.05, 0.1) is 11.5 Å². The van der Waals surface area contributed by atoms with Crippen molar-refractivity contribution in [2.45, 2.75) is 38.5 Å². The molecule has 0 amide bonds. The zero-order chi connectivity index (χ0) is 13.6. The first-order valence-electron chi connectivity index (χ1n) is 5.90. The van der Waals surface area contributed by atoms with E-state index in [9.17, 15) is 8.42 Å². The lowest BCUT2D eigenvalue weighted by atomic mass is 9.95. The van der Waals surface area contributed by atoms with E-state index in [1.807, 2.05) is 20.8 Å². The number of nitrogens with zero attached hydrogens (tertiary/aromatic N) is 3. The van der Waals surface area contributed by atoms with Crippen LogP contribution in [0.1, 0.15) is 44.8 Å². The molecule has 0 aromatic carbocycles. The van der Waals surface area contributed by atoms with Gasteiger partial charge in [-0.25, -0.2) is 13.4 Å². The molecule has 6 nitrogen and oxygen atoms in total. The number of nitrogens with two attached hydrogens (primary N) is 1. The van der Waals surface area contributed by atoms with Crippen molar-refractivity contribution in [2.75, 3.05) is 17.2 Å². The maximum absolute atomic E-state index is 11.5. The summed E-state index contributed by atoms with van der Waals surface area (Å²) in [5.74, 6) is 1.44. The topological polar surface area (TPSA) is 98.8 Å². The van der Waals surface area contributed by atoms with E-state index in [4.69, 9.17) is 5.73 Å². The minimum absolute atomic E-state index is 0.111. The number of hydrogen-bond acceptors (Lipinski definition) is 6. The molecule has 1 aromatic heterocycles. The average Bonchev–Trinajstić information content (AvgIpc) is 2.56. The fourth-order valence-electron chi connectivity index (χ4n) is 1.93. The van der Waals surface area contributed by atoms with Crippen molar-refractivity contribution in [2.24, 2.45) is 0 Å². The number of anilines is 1. The Balaban J connectivity index is 2.38. The van der Waals surface area contributed by atoms with Gasteiger partial charge in [0.2, 0.25) is 5.95 Å². The second-order valence-electron chi connectivity index (χ2n) is 5.73. The van der Waals surface area contributed by atoms with Crippen LogP contribution in [-0.4, -0.2) is 34.9 Å². The quantitative estimate of drug-likeness (QED) is 0.804. The first-order chi connectivity index (χ1) is 8.17. The predicted octanol–water partition coefficient (Wildman–Crippen LogP) is 0.653. The molecule has 0 aliphatic carbocycles. The van der Waals surface area contributed by atoms with Crippen LogP contribution in [0.5, 0.6) is 0 Å². The van der Waals surface area contributed by atoms with E-state index in [0.29, 0.717) is 18.1 Å². The van der Waals surface area contributed by atoms with Gasteiger partial charge in [-0.3, -0.25) is 0 Å². The highest BCUT2D eigenvalue weighted by Gasteiger charge is 2.32. The van der Waals surface area contributed by atoms with Crippen molar-refractivity contribution in [3.05, 3.63) is 11.6 Å². The van der Waals surface area contributed by atoms with Crippen molar-refractivity contribution in [3.8, 4) is 0 Å². The van der Waals surface area contributed by atoms with E-state index in [1.54, 1.807) is 0 Å². The minimum Gasteiger partial charge on any atom is -0.368 e. The highest BCUT2D eigenvalue weighted by molar-refractivity contribution is 7.91. The SMILES string of the molecule is CC(C)(C)c1nc(N)nc(C2CCS(=O)(=O)C2)n1. The molecule has 2 heterocycles. The largest absolute Gasteiger partial charge is 0.368 e. The highest BCUT2D eigenvalue weighted by atomic mass is 32.2. The zero-order valence-corrected chi connectivity index (χ0v) is 11.7. The Hall–Kier alpha value is -1.24. The van der Waals surface area contributed by atoms with Crippen LogP contribution in [0, 0.1) is 0 Å². The fraction of sp³-hybridized carbons (Fsp3) is 0.727. The Morgan fingerprint density at radius 1 is 1.22 bits per heavy atom. The fourth-order valence-corrected chi connectivity index (χ4v) is 3.67. The molecular formula is C11H18N4O2S. The molecule has 1 aromatic rings. The van der Waals surface area contributed by atoms with Gasteiger partial charge in [0, 0.05) is 11.3 Å². The van der Waals surface area contributed by atoms with Crippen LogP contribution in [0.15, 0.2) is 0 Å². The second-order valence-corrected chi connectivity index (χ2v) is 7.95. The van der Waals surface area contributed by atoms with Crippen LogP contribution in [0.2, 0.25) is 0 Å². The standard InChI is InChI=1S/C11H18N4O2S/c1-11(2,3)9-13-8(14-10(12)15-9)7-4-5-18(16,17)6-7/h7H,4-6H2,1-3H3,(H2,12,13,14,15). The summed E-state index contributed by atoms with van der Waals surface area (Å²) in [7, 11) is -2.95. The van der Waals surface area contributed by atoms with E-state index in [0.717, 1.165) is 0 Å². The first-order valence-corrected chi connectivity index (χ1v) is 7.72. The molecule has 1 aliphatic heterocycles. The van der Waals surface area contributed by atoms with Crippen molar-refractivity contribution in [3.63, 3.8) is 0 Å². The molecular weight excluding hydrogens is 252 g/mol. The predicted molar refractivity (Wildman–Crippen MR) is 69.0 cm³/mol.